The van der Waals surface area contributed by atoms with Crippen molar-refractivity contribution in [3.8, 4) is 0 Å². The highest BCUT2D eigenvalue weighted by atomic mass is 16.6. The first-order chi connectivity index (χ1) is 9.46. The highest BCUT2D eigenvalue weighted by Gasteiger charge is 2.24. The van der Waals surface area contributed by atoms with E-state index >= 15 is 0 Å². The molecule has 3 unspecified atom stereocenters. The van der Waals surface area contributed by atoms with E-state index in [1.165, 1.54) is 0 Å². The first-order valence-electron chi connectivity index (χ1n) is 7.66. The highest BCUT2D eigenvalue weighted by molar-refractivity contribution is 5.87. The Balaban J connectivity index is 4.52. The molecule has 0 fully saturated rings. The van der Waals surface area contributed by atoms with Crippen molar-refractivity contribution < 1.29 is 19.7 Å². The average molecular weight is 286 g/mol. The predicted molar refractivity (Wildman–Crippen MR) is 80.4 cm³/mol. The molecule has 20 heavy (non-hydrogen) atoms. The van der Waals surface area contributed by atoms with Crippen molar-refractivity contribution in [2.45, 2.75) is 84.5 Å². The number of hydrogen-bond donors (Lipinski definition) is 2. The number of carbonyl (C=O) groups is 1. The third-order valence-electron chi connectivity index (χ3n) is 3.43. The van der Waals surface area contributed by atoms with Gasteiger partial charge in [-0.3, -0.25) is 0 Å². The zero-order chi connectivity index (χ0) is 15.5. The van der Waals surface area contributed by atoms with Gasteiger partial charge < -0.3 is 14.9 Å². The quantitative estimate of drug-likeness (QED) is 0.478. The van der Waals surface area contributed by atoms with Crippen LogP contribution in [0.4, 0.5) is 0 Å². The molecule has 0 saturated heterocycles. The van der Waals surface area contributed by atoms with Gasteiger partial charge in [0.15, 0.2) is 0 Å². The van der Waals surface area contributed by atoms with Crippen molar-refractivity contribution in [2.75, 3.05) is 0 Å². The smallest absolute Gasteiger partial charge is 0.333 e. The van der Waals surface area contributed by atoms with Gasteiger partial charge in [-0.05, 0) is 39.5 Å². The second kappa shape index (κ2) is 10.9. The zero-order valence-corrected chi connectivity index (χ0v) is 13.3. The van der Waals surface area contributed by atoms with Gasteiger partial charge in [0.2, 0.25) is 0 Å². The highest BCUT2D eigenvalue weighted by Crippen LogP contribution is 2.17. The lowest BCUT2D eigenvalue weighted by Crippen LogP contribution is -2.32. The summed E-state index contributed by atoms with van der Waals surface area (Å²) < 4.78 is 5.38. The third kappa shape index (κ3) is 7.65. The van der Waals surface area contributed by atoms with Crippen molar-refractivity contribution in [3.05, 3.63) is 11.6 Å². The zero-order valence-electron chi connectivity index (χ0n) is 13.3. The summed E-state index contributed by atoms with van der Waals surface area (Å²) in [4.78, 5) is 11.8. The van der Waals surface area contributed by atoms with E-state index in [9.17, 15) is 15.0 Å². The lowest BCUT2D eigenvalue weighted by atomic mass is 10.0. The summed E-state index contributed by atoms with van der Waals surface area (Å²) in [7, 11) is 0. The van der Waals surface area contributed by atoms with E-state index in [1.807, 2.05) is 13.8 Å². The molecule has 0 radical (unpaired) electrons. The number of aliphatic hydroxyl groups excluding tert-OH is 2. The van der Waals surface area contributed by atoms with Crippen molar-refractivity contribution in [3.63, 3.8) is 0 Å². The van der Waals surface area contributed by atoms with E-state index in [-0.39, 0.29) is 0 Å². The Kier molecular flexibility index (Phi) is 10.4. The van der Waals surface area contributed by atoms with Gasteiger partial charge in [0.1, 0.15) is 6.10 Å². The van der Waals surface area contributed by atoms with Gasteiger partial charge in [0.05, 0.1) is 12.2 Å². The van der Waals surface area contributed by atoms with Crippen LogP contribution in [0, 0.1) is 0 Å². The van der Waals surface area contributed by atoms with Crippen LogP contribution in [0.25, 0.3) is 0 Å². The second-order valence-corrected chi connectivity index (χ2v) is 5.29. The molecule has 0 aromatic rings. The molecule has 0 aliphatic heterocycles. The standard InChI is InChI=1S/C16H30O4/c1-5-8-13(17)10-11-15(14(18)9-6-2)20-16(19)12(4)7-3/h7,13-15,17-18H,5-6,8-11H2,1-4H3. The Morgan fingerprint density at radius 3 is 2.20 bits per heavy atom. The summed E-state index contributed by atoms with van der Waals surface area (Å²) in [5.74, 6) is -0.391. The van der Waals surface area contributed by atoms with Crippen LogP contribution < -0.4 is 0 Å². The maximum atomic E-state index is 11.8. The summed E-state index contributed by atoms with van der Waals surface area (Å²) in [6.07, 6.45) is 4.21. The number of esters is 1. The van der Waals surface area contributed by atoms with Crippen LogP contribution in [0.15, 0.2) is 11.6 Å². The van der Waals surface area contributed by atoms with Crippen molar-refractivity contribution in [1.29, 1.82) is 0 Å². The Morgan fingerprint density at radius 1 is 1.10 bits per heavy atom. The molecular weight excluding hydrogens is 256 g/mol. The number of rotatable bonds is 10. The predicted octanol–water partition coefficient (Wildman–Crippen LogP) is 2.97. The molecule has 0 aromatic heterocycles. The van der Waals surface area contributed by atoms with Crippen molar-refractivity contribution >= 4 is 5.97 Å². The third-order valence-corrected chi connectivity index (χ3v) is 3.43. The molecule has 0 aromatic carbocycles. The monoisotopic (exact) mass is 286 g/mol. The maximum Gasteiger partial charge on any atom is 0.333 e. The van der Waals surface area contributed by atoms with Gasteiger partial charge in [-0.1, -0.05) is 32.8 Å². The Bertz CT molecular complexity index is 299. The largest absolute Gasteiger partial charge is 0.456 e. The summed E-state index contributed by atoms with van der Waals surface area (Å²) in [5, 5.41) is 19.8. The van der Waals surface area contributed by atoms with Gasteiger partial charge in [-0.2, -0.15) is 0 Å². The van der Waals surface area contributed by atoms with Crippen molar-refractivity contribution in [1.82, 2.24) is 0 Å². The summed E-state index contributed by atoms with van der Waals surface area (Å²) in [6, 6.07) is 0. The minimum atomic E-state index is -0.664. The van der Waals surface area contributed by atoms with E-state index in [1.54, 1.807) is 19.9 Å². The number of aliphatic hydroxyl groups is 2. The van der Waals surface area contributed by atoms with E-state index in [0.717, 1.165) is 19.3 Å². The molecule has 0 rings (SSSR count). The van der Waals surface area contributed by atoms with Crippen LogP contribution >= 0.6 is 0 Å². The van der Waals surface area contributed by atoms with E-state index in [2.05, 4.69) is 0 Å². The average Bonchev–Trinajstić information content (AvgIpc) is 2.42. The minimum absolute atomic E-state index is 0.391. The Hall–Kier alpha value is -0.870. The molecule has 4 heteroatoms. The fraction of sp³-hybridized carbons (Fsp3) is 0.812. The number of carbonyl (C=O) groups excluding carboxylic acids is 1. The minimum Gasteiger partial charge on any atom is -0.456 e. The number of ether oxygens (including phenoxy) is 1. The maximum absolute atomic E-state index is 11.8. The van der Waals surface area contributed by atoms with Gasteiger partial charge in [0.25, 0.3) is 0 Å². The van der Waals surface area contributed by atoms with Gasteiger partial charge >= 0.3 is 5.97 Å². The van der Waals surface area contributed by atoms with E-state index in [0.29, 0.717) is 24.8 Å². The van der Waals surface area contributed by atoms with Crippen LogP contribution in [0.1, 0.15) is 66.2 Å². The molecule has 118 valence electrons. The van der Waals surface area contributed by atoms with Crippen LogP contribution in [0.3, 0.4) is 0 Å². The number of allylic oxidation sites excluding steroid dienone is 1. The summed E-state index contributed by atoms with van der Waals surface area (Å²) in [6.45, 7) is 7.46. The second-order valence-electron chi connectivity index (χ2n) is 5.29. The molecule has 0 spiro atoms. The molecule has 0 saturated carbocycles. The molecule has 0 amide bonds. The molecule has 2 N–H and O–H groups in total. The normalized spacial score (nSPS) is 16.6. The van der Waals surface area contributed by atoms with Gasteiger partial charge in [0, 0.05) is 5.57 Å². The number of hydrogen-bond acceptors (Lipinski definition) is 4. The molecule has 0 bridgehead atoms. The topological polar surface area (TPSA) is 66.8 Å². The molecule has 0 aliphatic rings. The summed E-state index contributed by atoms with van der Waals surface area (Å²) >= 11 is 0. The molecular formula is C16H30O4. The fourth-order valence-electron chi connectivity index (χ4n) is 1.99. The first-order valence-corrected chi connectivity index (χ1v) is 7.66. The SMILES string of the molecule is CC=C(C)C(=O)OC(CCC(O)CCC)C(O)CCC. The first kappa shape index (κ1) is 19.1. The van der Waals surface area contributed by atoms with Gasteiger partial charge in [-0.25, -0.2) is 4.79 Å². The fourth-order valence-corrected chi connectivity index (χ4v) is 1.99. The van der Waals surface area contributed by atoms with Crippen molar-refractivity contribution in [2.24, 2.45) is 0 Å². The summed E-state index contributed by atoms with van der Waals surface area (Å²) in [5.41, 5.74) is 0.535. The molecule has 4 nitrogen and oxygen atoms in total. The van der Waals surface area contributed by atoms with Crippen LogP contribution in [0.2, 0.25) is 0 Å². The van der Waals surface area contributed by atoms with Crippen LogP contribution in [-0.4, -0.2) is 34.5 Å². The Labute approximate surface area is 122 Å². The molecule has 0 heterocycles. The van der Waals surface area contributed by atoms with Crippen LogP contribution in [-0.2, 0) is 9.53 Å². The molecule has 0 aliphatic carbocycles. The van der Waals surface area contributed by atoms with E-state index < -0.39 is 24.3 Å². The molecule has 3 atom stereocenters. The van der Waals surface area contributed by atoms with E-state index in [4.69, 9.17) is 4.74 Å². The van der Waals surface area contributed by atoms with Gasteiger partial charge in [-0.15, -0.1) is 0 Å². The Morgan fingerprint density at radius 2 is 1.70 bits per heavy atom. The lowest BCUT2D eigenvalue weighted by molar-refractivity contribution is -0.151. The lowest BCUT2D eigenvalue weighted by Gasteiger charge is -2.24. The van der Waals surface area contributed by atoms with Crippen LogP contribution in [0.5, 0.6) is 0 Å².